The monoisotopic (exact) mass is 509 g/mol. The Bertz CT molecular complexity index is 1150. The van der Waals surface area contributed by atoms with Crippen LogP contribution in [0.4, 0.5) is 11.5 Å². The third kappa shape index (κ3) is 6.29. The molecule has 1 saturated heterocycles. The molecule has 2 aliphatic heterocycles. The average molecular weight is 510 g/mol. The molecule has 9 nitrogen and oxygen atoms in total. The van der Waals surface area contributed by atoms with Crippen LogP contribution in [0.15, 0.2) is 41.1 Å². The largest absolute Gasteiger partial charge is 0.454 e. The van der Waals surface area contributed by atoms with Crippen molar-refractivity contribution in [2.45, 2.75) is 38.0 Å². The lowest BCUT2D eigenvalue weighted by Crippen LogP contribution is -2.32. The number of ether oxygens (including phenoxy) is 2. The summed E-state index contributed by atoms with van der Waals surface area (Å²) in [7, 11) is 0. The van der Waals surface area contributed by atoms with Gasteiger partial charge in [0.1, 0.15) is 12.1 Å². The summed E-state index contributed by atoms with van der Waals surface area (Å²) in [6, 6.07) is 9.99. The van der Waals surface area contributed by atoms with Gasteiger partial charge >= 0.3 is 0 Å². The number of rotatable bonds is 12. The Morgan fingerprint density at radius 3 is 2.89 bits per heavy atom. The Hall–Kier alpha value is -3.27. The van der Waals surface area contributed by atoms with Crippen molar-refractivity contribution >= 4 is 29.6 Å². The van der Waals surface area contributed by atoms with Gasteiger partial charge in [-0.2, -0.15) is 16.7 Å². The minimum absolute atomic E-state index is 0.0542. The van der Waals surface area contributed by atoms with Gasteiger partial charge in [0.2, 0.25) is 12.7 Å². The van der Waals surface area contributed by atoms with Crippen molar-refractivity contribution in [3.63, 3.8) is 0 Å². The number of carbonyl (C=O) groups is 1. The maximum absolute atomic E-state index is 11.3. The van der Waals surface area contributed by atoms with Crippen molar-refractivity contribution in [3.8, 4) is 11.5 Å². The van der Waals surface area contributed by atoms with E-state index in [4.69, 9.17) is 14.0 Å². The molecule has 1 aromatic carbocycles. The molecular formula is C26H31N5O4S. The standard InChI is InChI=1S/C26H31N5O4S/c32-12-7-20(19-4-5-22-23(15-19)34-18-33-22)16-26-29-24(30-35-26)3-1-2-8-27-25-17-21(6-9-28-25)31-10-13-36-14-11-31/h4-6,9,12,15,17,20H,1-3,7-8,10-11,13-14,16,18H2,(H,27,28). The second kappa shape index (κ2) is 12.1. The van der Waals surface area contributed by atoms with Crippen LogP contribution in [-0.4, -0.2) is 59.3 Å². The van der Waals surface area contributed by atoms with Crippen molar-refractivity contribution in [1.82, 2.24) is 15.1 Å². The molecule has 0 saturated carbocycles. The highest BCUT2D eigenvalue weighted by molar-refractivity contribution is 7.99. The van der Waals surface area contributed by atoms with Gasteiger partial charge in [-0.3, -0.25) is 0 Å². The lowest BCUT2D eigenvalue weighted by atomic mass is 9.92. The first kappa shape index (κ1) is 24.4. The molecule has 0 bridgehead atoms. The predicted octanol–water partition coefficient (Wildman–Crippen LogP) is 4.10. The van der Waals surface area contributed by atoms with E-state index in [1.807, 2.05) is 36.2 Å². The highest BCUT2D eigenvalue weighted by atomic mass is 32.2. The second-order valence-electron chi connectivity index (χ2n) is 8.90. The van der Waals surface area contributed by atoms with Gasteiger partial charge < -0.3 is 29.0 Å². The zero-order chi connectivity index (χ0) is 24.6. The van der Waals surface area contributed by atoms with Crippen LogP contribution in [-0.2, 0) is 17.6 Å². The van der Waals surface area contributed by atoms with E-state index in [0.29, 0.717) is 30.3 Å². The average Bonchev–Trinajstić information content (AvgIpc) is 3.58. The Balaban J connectivity index is 1.07. The number of hydrogen-bond donors (Lipinski definition) is 1. The fourth-order valence-electron chi connectivity index (χ4n) is 4.46. The smallest absolute Gasteiger partial charge is 0.231 e. The minimum atomic E-state index is -0.0542. The van der Waals surface area contributed by atoms with Gasteiger partial charge in [0, 0.05) is 68.4 Å². The number of benzene rings is 1. The van der Waals surface area contributed by atoms with Crippen molar-refractivity contribution in [1.29, 1.82) is 0 Å². The van der Waals surface area contributed by atoms with Gasteiger partial charge in [-0.1, -0.05) is 11.2 Å². The van der Waals surface area contributed by atoms with E-state index >= 15 is 0 Å². The number of nitrogens with zero attached hydrogens (tertiary/aromatic N) is 4. The maximum Gasteiger partial charge on any atom is 0.231 e. The van der Waals surface area contributed by atoms with Crippen molar-refractivity contribution < 1.29 is 18.8 Å². The maximum atomic E-state index is 11.3. The molecule has 0 amide bonds. The third-order valence-electron chi connectivity index (χ3n) is 6.43. The zero-order valence-corrected chi connectivity index (χ0v) is 21.0. The molecule has 5 rings (SSSR count). The normalized spacial score (nSPS) is 15.6. The number of carbonyl (C=O) groups excluding carboxylic acids is 1. The number of nitrogens with one attached hydrogen (secondary N) is 1. The molecule has 190 valence electrons. The zero-order valence-electron chi connectivity index (χ0n) is 20.2. The number of fused-ring (bicyclic) bond motifs is 1. The molecule has 1 unspecified atom stereocenters. The molecule has 4 heterocycles. The SMILES string of the molecule is O=CCC(Cc1nc(CCCCNc2cc(N3CCSCC3)ccn2)no1)c1ccc2c(c1)OCO2. The molecule has 0 spiro atoms. The van der Waals surface area contributed by atoms with Gasteiger partial charge in [-0.25, -0.2) is 4.98 Å². The summed E-state index contributed by atoms with van der Waals surface area (Å²) < 4.78 is 16.3. The van der Waals surface area contributed by atoms with E-state index < -0.39 is 0 Å². The van der Waals surface area contributed by atoms with Crippen LogP contribution in [0.2, 0.25) is 0 Å². The number of hydrogen-bond acceptors (Lipinski definition) is 10. The highest BCUT2D eigenvalue weighted by Crippen LogP contribution is 2.36. The summed E-state index contributed by atoms with van der Waals surface area (Å²) in [5, 5.41) is 7.57. The first-order valence-corrected chi connectivity index (χ1v) is 13.6. The van der Waals surface area contributed by atoms with Gasteiger partial charge in [-0.05, 0) is 42.5 Å². The summed E-state index contributed by atoms with van der Waals surface area (Å²) in [5.74, 6) is 5.89. The number of aryl methyl sites for hydroxylation is 1. The van der Waals surface area contributed by atoms with E-state index in [2.05, 4.69) is 37.5 Å². The Labute approximate surface area is 215 Å². The molecule has 10 heteroatoms. The molecule has 0 aliphatic carbocycles. The van der Waals surface area contributed by atoms with Crippen LogP contribution >= 0.6 is 11.8 Å². The van der Waals surface area contributed by atoms with Crippen LogP contribution in [0.5, 0.6) is 11.5 Å². The van der Waals surface area contributed by atoms with E-state index in [1.54, 1.807) is 0 Å². The Morgan fingerprint density at radius 1 is 1.11 bits per heavy atom. The number of thioether (sulfide) groups is 1. The third-order valence-corrected chi connectivity index (χ3v) is 7.38. The lowest BCUT2D eigenvalue weighted by Gasteiger charge is -2.28. The quantitative estimate of drug-likeness (QED) is 0.284. The molecule has 0 radical (unpaired) electrons. The lowest BCUT2D eigenvalue weighted by molar-refractivity contribution is -0.108. The fourth-order valence-corrected chi connectivity index (χ4v) is 5.37. The van der Waals surface area contributed by atoms with Gasteiger partial charge in [0.15, 0.2) is 17.3 Å². The van der Waals surface area contributed by atoms with Gasteiger partial charge in [-0.15, -0.1) is 0 Å². The van der Waals surface area contributed by atoms with E-state index in [0.717, 1.165) is 62.3 Å². The van der Waals surface area contributed by atoms with Crippen LogP contribution in [0.25, 0.3) is 0 Å². The Kier molecular flexibility index (Phi) is 8.22. The van der Waals surface area contributed by atoms with Crippen molar-refractivity contribution in [3.05, 3.63) is 53.8 Å². The molecular weight excluding hydrogens is 478 g/mol. The summed E-state index contributed by atoms with van der Waals surface area (Å²) in [6.45, 7) is 3.24. The first-order chi connectivity index (χ1) is 17.8. The van der Waals surface area contributed by atoms with E-state index in [9.17, 15) is 4.79 Å². The number of unbranched alkanes of at least 4 members (excludes halogenated alkanes) is 1. The van der Waals surface area contributed by atoms with Gasteiger partial charge in [0.25, 0.3) is 0 Å². The molecule has 1 fully saturated rings. The topological polar surface area (TPSA) is 103 Å². The molecule has 2 aliphatic rings. The predicted molar refractivity (Wildman–Crippen MR) is 139 cm³/mol. The van der Waals surface area contributed by atoms with Crippen LogP contribution in [0, 0.1) is 0 Å². The number of aromatic nitrogens is 3. The summed E-state index contributed by atoms with van der Waals surface area (Å²) in [4.78, 5) is 22.7. The fraction of sp³-hybridized carbons (Fsp3) is 0.462. The van der Waals surface area contributed by atoms with Crippen molar-refractivity contribution in [2.75, 3.05) is 48.1 Å². The number of aldehydes is 1. The summed E-state index contributed by atoms with van der Waals surface area (Å²) in [5.41, 5.74) is 2.23. The molecule has 2 aromatic heterocycles. The second-order valence-corrected chi connectivity index (χ2v) is 10.1. The molecule has 1 atom stereocenters. The number of anilines is 2. The van der Waals surface area contributed by atoms with Crippen LogP contribution < -0.4 is 19.7 Å². The molecule has 3 aromatic rings. The summed E-state index contributed by atoms with van der Waals surface area (Å²) in [6.07, 6.45) is 6.33. The van der Waals surface area contributed by atoms with E-state index in [1.165, 1.54) is 17.2 Å². The summed E-state index contributed by atoms with van der Waals surface area (Å²) >= 11 is 2.01. The molecule has 36 heavy (non-hydrogen) atoms. The van der Waals surface area contributed by atoms with Crippen molar-refractivity contribution in [2.24, 2.45) is 0 Å². The van der Waals surface area contributed by atoms with Gasteiger partial charge in [0.05, 0.1) is 0 Å². The first-order valence-electron chi connectivity index (χ1n) is 12.5. The molecule has 1 N–H and O–H groups in total. The van der Waals surface area contributed by atoms with Crippen LogP contribution in [0.3, 0.4) is 0 Å². The number of pyridine rings is 1. The van der Waals surface area contributed by atoms with E-state index in [-0.39, 0.29) is 12.7 Å². The Morgan fingerprint density at radius 2 is 2.00 bits per heavy atom. The highest BCUT2D eigenvalue weighted by Gasteiger charge is 2.21. The minimum Gasteiger partial charge on any atom is -0.454 e. The van der Waals surface area contributed by atoms with Crippen LogP contribution in [0.1, 0.15) is 42.5 Å².